The molecule has 25 heavy (non-hydrogen) atoms. The van der Waals surface area contributed by atoms with E-state index in [1.54, 1.807) is 19.1 Å². The summed E-state index contributed by atoms with van der Waals surface area (Å²) in [6.07, 6.45) is 0. The van der Waals surface area contributed by atoms with Crippen LogP contribution in [0.1, 0.15) is 11.3 Å². The fourth-order valence-corrected chi connectivity index (χ4v) is 2.46. The van der Waals surface area contributed by atoms with Crippen molar-refractivity contribution in [3.05, 3.63) is 70.4 Å². The summed E-state index contributed by atoms with van der Waals surface area (Å²) in [5, 5.41) is 6.58. The predicted molar refractivity (Wildman–Crippen MR) is 95.9 cm³/mol. The fraction of sp³-hybridized carbons (Fsp3) is 0.111. The first kappa shape index (κ1) is 17.1. The Hall–Kier alpha value is -2.73. The van der Waals surface area contributed by atoms with E-state index in [2.05, 4.69) is 20.6 Å². The van der Waals surface area contributed by atoms with Gasteiger partial charge in [0, 0.05) is 28.5 Å². The van der Waals surface area contributed by atoms with Gasteiger partial charge in [0.1, 0.15) is 17.5 Å². The third-order valence-corrected chi connectivity index (χ3v) is 3.97. The van der Waals surface area contributed by atoms with E-state index in [1.807, 2.05) is 19.1 Å². The van der Waals surface area contributed by atoms with Gasteiger partial charge in [-0.1, -0.05) is 17.7 Å². The summed E-state index contributed by atoms with van der Waals surface area (Å²) in [7, 11) is 0. The molecule has 0 fully saturated rings. The van der Waals surface area contributed by atoms with Crippen LogP contribution >= 0.6 is 11.6 Å². The Kier molecular flexibility index (Phi) is 4.81. The van der Waals surface area contributed by atoms with E-state index in [4.69, 9.17) is 11.6 Å². The smallest absolute Gasteiger partial charge is 0.229 e. The summed E-state index contributed by atoms with van der Waals surface area (Å²) in [6, 6.07) is 10.5. The van der Waals surface area contributed by atoms with Gasteiger partial charge in [-0.3, -0.25) is 0 Å². The third kappa shape index (κ3) is 4.03. The molecule has 0 spiro atoms. The Balaban J connectivity index is 1.89. The minimum absolute atomic E-state index is 0.0943. The van der Waals surface area contributed by atoms with Crippen molar-refractivity contribution in [1.82, 2.24) is 9.97 Å². The van der Waals surface area contributed by atoms with Gasteiger partial charge in [0.05, 0.1) is 5.69 Å². The second-order valence-electron chi connectivity index (χ2n) is 5.50. The number of rotatable bonds is 4. The molecule has 7 heteroatoms. The van der Waals surface area contributed by atoms with Gasteiger partial charge in [-0.15, -0.1) is 0 Å². The van der Waals surface area contributed by atoms with E-state index in [0.717, 1.165) is 23.4 Å². The van der Waals surface area contributed by atoms with Crippen LogP contribution in [0.4, 0.5) is 31.9 Å². The molecule has 0 unspecified atom stereocenters. The molecular formula is C18H15ClF2N4. The molecule has 0 atom stereocenters. The molecule has 1 heterocycles. The lowest BCUT2D eigenvalue weighted by Crippen LogP contribution is -2.04. The second-order valence-corrected chi connectivity index (χ2v) is 5.91. The average Bonchev–Trinajstić information content (AvgIpc) is 2.54. The van der Waals surface area contributed by atoms with Crippen LogP contribution in [-0.4, -0.2) is 9.97 Å². The lowest BCUT2D eigenvalue weighted by Gasteiger charge is -2.12. The molecule has 2 N–H and O–H groups in total. The number of hydrogen-bond donors (Lipinski definition) is 2. The van der Waals surface area contributed by atoms with Crippen LogP contribution < -0.4 is 10.6 Å². The first-order valence-corrected chi connectivity index (χ1v) is 7.90. The average molecular weight is 361 g/mol. The first-order valence-electron chi connectivity index (χ1n) is 7.52. The Bertz CT molecular complexity index is 931. The summed E-state index contributed by atoms with van der Waals surface area (Å²) >= 11 is 6.12. The molecule has 1 aromatic heterocycles. The highest BCUT2D eigenvalue weighted by Gasteiger charge is 2.09. The Morgan fingerprint density at radius 2 is 1.72 bits per heavy atom. The summed E-state index contributed by atoms with van der Waals surface area (Å²) in [6.45, 7) is 3.69. The second kappa shape index (κ2) is 7.03. The topological polar surface area (TPSA) is 49.8 Å². The van der Waals surface area contributed by atoms with Gasteiger partial charge < -0.3 is 10.6 Å². The molecule has 0 aliphatic rings. The molecule has 0 aliphatic carbocycles. The first-order chi connectivity index (χ1) is 11.9. The molecule has 0 saturated heterocycles. The molecule has 0 amide bonds. The number of aromatic nitrogens is 2. The molecular weight excluding hydrogens is 346 g/mol. The van der Waals surface area contributed by atoms with Crippen LogP contribution in [0, 0.1) is 25.5 Å². The standard InChI is InChI=1S/C18H15ClF2N4/c1-10-8-17(23-15-5-3-4-13(19)11(15)2)25-18(22-10)24-16-7-6-12(20)9-14(16)21/h3-9H,1-2H3,(H2,22,23,24,25). The molecule has 0 aliphatic heterocycles. The van der Waals surface area contributed by atoms with E-state index in [1.165, 1.54) is 6.07 Å². The minimum Gasteiger partial charge on any atom is -0.340 e. The van der Waals surface area contributed by atoms with Crippen molar-refractivity contribution in [2.24, 2.45) is 0 Å². The van der Waals surface area contributed by atoms with Crippen LogP contribution in [0.2, 0.25) is 5.02 Å². The molecule has 0 bridgehead atoms. The van der Waals surface area contributed by atoms with Crippen LogP contribution in [0.5, 0.6) is 0 Å². The predicted octanol–water partition coefficient (Wildman–Crippen LogP) is 5.51. The van der Waals surface area contributed by atoms with Crippen molar-refractivity contribution < 1.29 is 8.78 Å². The number of aryl methyl sites for hydroxylation is 1. The van der Waals surface area contributed by atoms with Crippen LogP contribution in [-0.2, 0) is 0 Å². The maximum Gasteiger partial charge on any atom is 0.229 e. The summed E-state index contributed by atoms with van der Waals surface area (Å²) in [5.74, 6) is -0.632. The molecule has 0 saturated carbocycles. The van der Waals surface area contributed by atoms with Gasteiger partial charge in [0.2, 0.25) is 5.95 Å². The van der Waals surface area contributed by atoms with Crippen LogP contribution in [0.3, 0.4) is 0 Å². The van der Waals surface area contributed by atoms with Gasteiger partial charge in [-0.05, 0) is 43.7 Å². The van der Waals surface area contributed by atoms with Gasteiger partial charge in [-0.2, -0.15) is 4.98 Å². The largest absolute Gasteiger partial charge is 0.340 e. The van der Waals surface area contributed by atoms with E-state index in [9.17, 15) is 8.78 Å². The quantitative estimate of drug-likeness (QED) is 0.644. The summed E-state index contributed by atoms with van der Waals surface area (Å²) in [4.78, 5) is 8.55. The maximum atomic E-state index is 13.8. The van der Waals surface area contributed by atoms with Gasteiger partial charge >= 0.3 is 0 Å². The molecule has 128 valence electrons. The minimum atomic E-state index is -0.717. The Morgan fingerprint density at radius 3 is 2.48 bits per heavy atom. The van der Waals surface area contributed by atoms with Gasteiger partial charge in [-0.25, -0.2) is 13.8 Å². The van der Waals surface area contributed by atoms with Gasteiger partial charge in [0.15, 0.2) is 0 Å². The lowest BCUT2D eigenvalue weighted by molar-refractivity contribution is 0.586. The number of nitrogens with zero attached hydrogens (tertiary/aromatic N) is 2. The third-order valence-electron chi connectivity index (χ3n) is 3.56. The number of anilines is 4. The highest BCUT2D eigenvalue weighted by atomic mass is 35.5. The van der Waals surface area contributed by atoms with Crippen molar-refractivity contribution in [2.45, 2.75) is 13.8 Å². The zero-order valence-electron chi connectivity index (χ0n) is 13.6. The Labute approximate surface area is 148 Å². The van der Waals surface area contributed by atoms with E-state index in [0.29, 0.717) is 16.5 Å². The van der Waals surface area contributed by atoms with Gasteiger partial charge in [0.25, 0.3) is 0 Å². The number of hydrogen-bond acceptors (Lipinski definition) is 4. The zero-order chi connectivity index (χ0) is 18.0. The number of halogens is 3. The van der Waals surface area contributed by atoms with Crippen molar-refractivity contribution in [3.8, 4) is 0 Å². The molecule has 2 aromatic carbocycles. The lowest BCUT2D eigenvalue weighted by atomic mass is 10.2. The zero-order valence-corrected chi connectivity index (χ0v) is 14.3. The highest BCUT2D eigenvalue weighted by molar-refractivity contribution is 6.31. The van der Waals surface area contributed by atoms with Crippen molar-refractivity contribution in [1.29, 1.82) is 0 Å². The van der Waals surface area contributed by atoms with E-state index >= 15 is 0 Å². The maximum absolute atomic E-state index is 13.8. The Morgan fingerprint density at radius 1 is 0.920 bits per heavy atom. The monoisotopic (exact) mass is 360 g/mol. The summed E-state index contributed by atoms with van der Waals surface area (Å²) in [5.41, 5.74) is 2.48. The van der Waals surface area contributed by atoms with Crippen LogP contribution in [0.15, 0.2) is 42.5 Å². The number of nitrogens with one attached hydrogen (secondary N) is 2. The SMILES string of the molecule is Cc1cc(Nc2cccc(Cl)c2C)nc(Nc2ccc(F)cc2F)n1. The highest BCUT2D eigenvalue weighted by Crippen LogP contribution is 2.26. The summed E-state index contributed by atoms with van der Waals surface area (Å²) < 4.78 is 26.8. The van der Waals surface area contributed by atoms with E-state index in [-0.39, 0.29) is 11.6 Å². The molecule has 0 radical (unpaired) electrons. The van der Waals surface area contributed by atoms with Crippen molar-refractivity contribution >= 4 is 34.7 Å². The normalized spacial score (nSPS) is 10.6. The molecule has 3 aromatic rings. The molecule has 3 rings (SSSR count). The molecule has 4 nitrogen and oxygen atoms in total. The van der Waals surface area contributed by atoms with Crippen molar-refractivity contribution in [3.63, 3.8) is 0 Å². The fourth-order valence-electron chi connectivity index (χ4n) is 2.28. The number of benzene rings is 2. The van der Waals surface area contributed by atoms with Crippen LogP contribution in [0.25, 0.3) is 0 Å². The van der Waals surface area contributed by atoms with Crippen molar-refractivity contribution in [2.75, 3.05) is 10.6 Å². The van der Waals surface area contributed by atoms with E-state index < -0.39 is 11.6 Å².